The fourth-order valence-corrected chi connectivity index (χ4v) is 3.89. The van der Waals surface area contributed by atoms with E-state index in [1.54, 1.807) is 11.3 Å². The summed E-state index contributed by atoms with van der Waals surface area (Å²) in [6.07, 6.45) is 0.963. The van der Waals surface area contributed by atoms with Gasteiger partial charge in [-0.3, -0.25) is 0 Å². The van der Waals surface area contributed by atoms with Gasteiger partial charge in [0, 0.05) is 53.0 Å². The molecular formula is C19H32IN7OS. The molecule has 3 heterocycles. The van der Waals surface area contributed by atoms with Crippen LogP contribution in [-0.4, -0.2) is 71.6 Å². The Morgan fingerprint density at radius 2 is 2.07 bits per heavy atom. The second-order valence-electron chi connectivity index (χ2n) is 6.76. The lowest BCUT2D eigenvalue weighted by Gasteiger charge is -2.37. The van der Waals surface area contributed by atoms with Crippen LogP contribution in [0.25, 0.3) is 0 Å². The molecule has 1 fully saturated rings. The molecular weight excluding hydrogens is 501 g/mol. The van der Waals surface area contributed by atoms with Crippen molar-refractivity contribution in [3.05, 3.63) is 29.2 Å². The molecule has 1 saturated heterocycles. The maximum absolute atomic E-state index is 5.44. The monoisotopic (exact) mass is 533 g/mol. The van der Waals surface area contributed by atoms with Crippen molar-refractivity contribution in [1.29, 1.82) is 0 Å². The largest absolute Gasteiger partial charge is 0.382 e. The molecule has 3 rings (SSSR count). The summed E-state index contributed by atoms with van der Waals surface area (Å²) < 4.78 is 7.43. The first kappa shape index (κ1) is 23.9. The molecule has 0 amide bonds. The first-order chi connectivity index (χ1) is 13.7. The highest BCUT2D eigenvalue weighted by Gasteiger charge is 2.20. The third-order valence-corrected chi connectivity index (χ3v) is 5.83. The van der Waals surface area contributed by atoms with Gasteiger partial charge < -0.3 is 24.4 Å². The number of nitrogens with one attached hydrogen (secondary N) is 1. The number of piperazine rings is 1. The third kappa shape index (κ3) is 6.82. The van der Waals surface area contributed by atoms with E-state index < -0.39 is 0 Å². The van der Waals surface area contributed by atoms with Gasteiger partial charge in [0.15, 0.2) is 11.8 Å². The van der Waals surface area contributed by atoms with Crippen LogP contribution in [0.1, 0.15) is 25.0 Å². The van der Waals surface area contributed by atoms with Gasteiger partial charge in [-0.1, -0.05) is 0 Å². The number of aromatic nitrogens is 3. The van der Waals surface area contributed by atoms with E-state index in [-0.39, 0.29) is 24.0 Å². The molecule has 0 aromatic carbocycles. The lowest BCUT2D eigenvalue weighted by atomic mass is 10.3. The molecule has 0 atom stereocenters. The van der Waals surface area contributed by atoms with Gasteiger partial charge in [0.1, 0.15) is 12.4 Å². The minimum absolute atomic E-state index is 0. The highest BCUT2D eigenvalue weighted by Crippen LogP contribution is 2.22. The minimum Gasteiger partial charge on any atom is -0.382 e. The summed E-state index contributed by atoms with van der Waals surface area (Å²) in [6.45, 7) is 10.8. The van der Waals surface area contributed by atoms with Crippen molar-refractivity contribution in [3.8, 4) is 0 Å². The maximum atomic E-state index is 5.44. The number of aliphatic imine (C=N–C) groups is 1. The quantitative estimate of drug-likeness (QED) is 0.244. The van der Waals surface area contributed by atoms with Gasteiger partial charge in [-0.15, -0.1) is 45.5 Å². The van der Waals surface area contributed by atoms with E-state index in [0.717, 1.165) is 70.0 Å². The zero-order valence-corrected chi connectivity index (χ0v) is 20.7. The third-order valence-electron chi connectivity index (χ3n) is 4.90. The van der Waals surface area contributed by atoms with Crippen molar-refractivity contribution in [3.63, 3.8) is 0 Å². The van der Waals surface area contributed by atoms with E-state index >= 15 is 0 Å². The van der Waals surface area contributed by atoms with Crippen LogP contribution in [0, 0.1) is 6.92 Å². The van der Waals surface area contributed by atoms with E-state index in [4.69, 9.17) is 9.73 Å². The number of nitrogens with zero attached hydrogens (tertiary/aromatic N) is 6. The smallest absolute Gasteiger partial charge is 0.194 e. The molecule has 1 N–H and O–H groups in total. The first-order valence-electron chi connectivity index (χ1n) is 9.93. The summed E-state index contributed by atoms with van der Waals surface area (Å²) in [5.74, 6) is 2.73. The molecule has 2 aromatic heterocycles. The number of guanidine groups is 1. The van der Waals surface area contributed by atoms with Crippen molar-refractivity contribution >= 4 is 46.3 Å². The van der Waals surface area contributed by atoms with Gasteiger partial charge in [-0.05, 0) is 37.8 Å². The number of thiophene rings is 1. The second kappa shape index (κ2) is 12.3. The number of ether oxygens (including phenoxy) is 1. The van der Waals surface area contributed by atoms with Gasteiger partial charge >= 0.3 is 0 Å². The van der Waals surface area contributed by atoms with Crippen molar-refractivity contribution in [2.24, 2.45) is 12.0 Å². The van der Waals surface area contributed by atoms with Crippen LogP contribution >= 0.6 is 35.3 Å². The molecule has 8 nitrogen and oxygen atoms in total. The number of anilines is 1. The van der Waals surface area contributed by atoms with Crippen LogP contribution in [-0.2, 0) is 18.3 Å². The van der Waals surface area contributed by atoms with Crippen LogP contribution < -0.4 is 10.2 Å². The Hall–Kier alpha value is -1.40. The molecule has 10 heteroatoms. The Balaban J connectivity index is 0.00000300. The molecule has 0 radical (unpaired) electrons. The van der Waals surface area contributed by atoms with Crippen molar-refractivity contribution < 1.29 is 4.74 Å². The molecule has 0 spiro atoms. The van der Waals surface area contributed by atoms with E-state index in [2.05, 4.69) is 42.8 Å². The number of rotatable bonds is 8. The van der Waals surface area contributed by atoms with Crippen LogP contribution in [0.5, 0.6) is 0 Å². The fraction of sp³-hybridized carbons (Fsp3) is 0.632. The van der Waals surface area contributed by atoms with Crippen molar-refractivity contribution in [1.82, 2.24) is 25.0 Å². The molecule has 162 valence electrons. The predicted octanol–water partition coefficient (Wildman–Crippen LogP) is 2.50. The SMILES string of the molecule is CCOCCCNC(=NCc1nnc(C)n1C)N1CCN(c2cccs2)CC1.I. The van der Waals surface area contributed by atoms with E-state index in [9.17, 15) is 0 Å². The molecule has 0 aliphatic carbocycles. The zero-order valence-electron chi connectivity index (χ0n) is 17.5. The average molecular weight is 533 g/mol. The van der Waals surface area contributed by atoms with Crippen molar-refractivity contribution in [2.45, 2.75) is 26.8 Å². The van der Waals surface area contributed by atoms with E-state index in [0.29, 0.717) is 6.54 Å². The minimum atomic E-state index is 0. The molecule has 0 saturated carbocycles. The summed E-state index contributed by atoms with van der Waals surface area (Å²) in [6, 6.07) is 4.31. The number of halogens is 1. The first-order valence-corrected chi connectivity index (χ1v) is 10.8. The van der Waals surface area contributed by atoms with Gasteiger partial charge in [0.2, 0.25) is 0 Å². The van der Waals surface area contributed by atoms with Crippen LogP contribution in [0.4, 0.5) is 5.00 Å². The van der Waals surface area contributed by atoms with Crippen LogP contribution in [0.3, 0.4) is 0 Å². The summed E-state index contributed by atoms with van der Waals surface area (Å²) in [5.41, 5.74) is 0. The zero-order chi connectivity index (χ0) is 19.8. The fourth-order valence-electron chi connectivity index (χ4n) is 3.11. The normalized spacial score (nSPS) is 14.8. The molecule has 0 unspecified atom stereocenters. The van der Waals surface area contributed by atoms with Gasteiger partial charge in [-0.25, -0.2) is 4.99 Å². The highest BCUT2D eigenvalue weighted by molar-refractivity contribution is 14.0. The molecule has 0 bridgehead atoms. The standard InChI is InChI=1S/C19H31N7OS.HI/c1-4-27-13-6-8-20-19(21-15-17-23-22-16(2)24(17)3)26-11-9-25(10-12-26)18-7-5-14-28-18;/h5,7,14H,4,6,8-13,15H2,1-3H3,(H,20,21);1H. The lowest BCUT2D eigenvalue weighted by Crippen LogP contribution is -2.52. The molecule has 29 heavy (non-hydrogen) atoms. The highest BCUT2D eigenvalue weighted by atomic mass is 127. The number of aryl methyl sites for hydroxylation is 1. The van der Waals surface area contributed by atoms with Crippen LogP contribution in [0.15, 0.2) is 22.5 Å². The summed E-state index contributed by atoms with van der Waals surface area (Å²) >= 11 is 1.80. The predicted molar refractivity (Wildman–Crippen MR) is 130 cm³/mol. The van der Waals surface area contributed by atoms with Gasteiger partial charge in [0.25, 0.3) is 0 Å². The Labute approximate surface area is 194 Å². The molecule has 1 aliphatic rings. The Bertz CT molecular complexity index is 742. The summed E-state index contributed by atoms with van der Waals surface area (Å²) in [4.78, 5) is 9.63. The Morgan fingerprint density at radius 3 is 2.69 bits per heavy atom. The summed E-state index contributed by atoms with van der Waals surface area (Å²) in [7, 11) is 1.98. The average Bonchev–Trinajstić information content (AvgIpc) is 3.36. The topological polar surface area (TPSA) is 70.8 Å². The second-order valence-corrected chi connectivity index (χ2v) is 7.69. The maximum Gasteiger partial charge on any atom is 0.194 e. The van der Waals surface area contributed by atoms with E-state index in [1.165, 1.54) is 5.00 Å². The van der Waals surface area contributed by atoms with E-state index in [1.807, 2.05) is 25.5 Å². The van der Waals surface area contributed by atoms with Crippen LogP contribution in [0.2, 0.25) is 0 Å². The summed E-state index contributed by atoms with van der Waals surface area (Å²) in [5, 5.41) is 15.4. The van der Waals surface area contributed by atoms with Gasteiger partial charge in [0.05, 0.1) is 5.00 Å². The lowest BCUT2D eigenvalue weighted by molar-refractivity contribution is 0.145. The Morgan fingerprint density at radius 1 is 1.28 bits per heavy atom. The van der Waals surface area contributed by atoms with Gasteiger partial charge in [-0.2, -0.15) is 0 Å². The number of hydrogen-bond acceptors (Lipinski definition) is 6. The molecule has 2 aromatic rings. The Kier molecular flexibility index (Phi) is 10.2. The molecule has 1 aliphatic heterocycles. The number of hydrogen-bond donors (Lipinski definition) is 1. The van der Waals surface area contributed by atoms with Crippen molar-refractivity contribution in [2.75, 3.05) is 50.8 Å².